The van der Waals surface area contributed by atoms with Crippen LogP contribution in [-0.2, 0) is 6.54 Å². The van der Waals surface area contributed by atoms with Gasteiger partial charge in [0.15, 0.2) is 5.78 Å². The molecular weight excluding hydrogens is 352 g/mol. The number of nitrogens with zero attached hydrogens (tertiary/aromatic N) is 3. The maximum Gasteiger partial charge on any atom is 0.274 e. The van der Waals surface area contributed by atoms with Crippen LogP contribution >= 0.6 is 0 Å². The van der Waals surface area contributed by atoms with Gasteiger partial charge < -0.3 is 10.6 Å². The predicted molar refractivity (Wildman–Crippen MR) is 110 cm³/mol. The molecule has 2 aromatic carbocycles. The fraction of sp³-hybridized carbons (Fsp3) is 0.318. The van der Waals surface area contributed by atoms with Gasteiger partial charge in [-0.25, -0.2) is 4.68 Å². The normalized spacial score (nSPS) is 16.4. The van der Waals surface area contributed by atoms with Gasteiger partial charge in [-0.15, -0.1) is 0 Å². The highest BCUT2D eigenvalue weighted by atomic mass is 16.1. The number of likely N-dealkylation sites (tertiary alicyclic amines) is 1. The summed E-state index contributed by atoms with van der Waals surface area (Å²) in [5.74, 6) is -0.140. The molecule has 0 spiro atoms. The number of hydrogen-bond acceptors (Lipinski definition) is 5. The highest BCUT2D eigenvalue weighted by molar-refractivity contribution is 6.27. The Morgan fingerprint density at radius 1 is 0.929 bits per heavy atom. The van der Waals surface area contributed by atoms with Crippen molar-refractivity contribution in [3.05, 3.63) is 57.9 Å². The Labute approximate surface area is 162 Å². The second-order valence-electron chi connectivity index (χ2n) is 7.61. The lowest BCUT2D eigenvalue weighted by Crippen LogP contribution is -2.36. The largest absolute Gasteiger partial charge is 0.398 e. The smallest absolute Gasteiger partial charge is 0.274 e. The molecule has 1 aromatic heterocycles. The van der Waals surface area contributed by atoms with Crippen molar-refractivity contribution >= 4 is 22.2 Å². The third-order valence-electron chi connectivity index (χ3n) is 5.89. The zero-order valence-electron chi connectivity index (χ0n) is 15.6. The first-order chi connectivity index (χ1) is 13.6. The van der Waals surface area contributed by atoms with E-state index in [0.717, 1.165) is 25.2 Å². The first-order valence-corrected chi connectivity index (χ1v) is 9.85. The minimum atomic E-state index is -0.163. The maximum atomic E-state index is 13.1. The summed E-state index contributed by atoms with van der Waals surface area (Å²) in [7, 11) is 0. The van der Waals surface area contributed by atoms with Gasteiger partial charge in [-0.2, -0.15) is 5.10 Å². The number of benzene rings is 2. The number of nitrogens with two attached hydrogens (primary N) is 1. The Morgan fingerprint density at radius 2 is 1.68 bits per heavy atom. The van der Waals surface area contributed by atoms with E-state index < -0.39 is 0 Å². The Morgan fingerprint density at radius 3 is 2.46 bits per heavy atom. The molecule has 2 N–H and O–H groups in total. The number of nitrogen functional groups attached to an aromatic ring is 1. The van der Waals surface area contributed by atoms with Gasteiger partial charge in [0.05, 0.1) is 17.5 Å². The van der Waals surface area contributed by atoms with Crippen LogP contribution in [0.2, 0.25) is 0 Å². The molecule has 6 nitrogen and oxygen atoms in total. The molecule has 2 aliphatic rings. The van der Waals surface area contributed by atoms with E-state index in [0.29, 0.717) is 39.8 Å². The number of fused-ring (bicyclic) bond motifs is 2. The Hall–Kier alpha value is -2.99. The summed E-state index contributed by atoms with van der Waals surface area (Å²) in [5, 5.41) is 5.80. The van der Waals surface area contributed by atoms with Crippen LogP contribution in [0.15, 0.2) is 41.2 Å². The standard InChI is InChI=1S/C22H22N4O2/c23-17-9-8-16-18-19(17)21(27)15-7-3-2-6-14(15)20(18)24-26(22(16)28)13-12-25-10-4-1-5-11-25/h2-3,6-9H,1,4-5,10-13,23H2. The van der Waals surface area contributed by atoms with Crippen molar-refractivity contribution in [3.8, 4) is 11.3 Å². The molecule has 0 saturated carbocycles. The van der Waals surface area contributed by atoms with Crippen LogP contribution in [0.4, 0.5) is 5.69 Å². The number of anilines is 1. The van der Waals surface area contributed by atoms with Crippen LogP contribution in [-0.4, -0.2) is 40.1 Å². The van der Waals surface area contributed by atoms with Gasteiger partial charge in [0.1, 0.15) is 5.69 Å². The second kappa shape index (κ2) is 6.56. The fourth-order valence-corrected chi connectivity index (χ4v) is 4.42. The highest BCUT2D eigenvalue weighted by Gasteiger charge is 2.29. The van der Waals surface area contributed by atoms with Crippen molar-refractivity contribution in [2.24, 2.45) is 0 Å². The molecule has 0 radical (unpaired) electrons. The topological polar surface area (TPSA) is 81.2 Å². The van der Waals surface area contributed by atoms with Gasteiger partial charge in [-0.05, 0) is 38.1 Å². The van der Waals surface area contributed by atoms with Crippen molar-refractivity contribution in [1.82, 2.24) is 14.7 Å². The Bertz CT molecular complexity index is 1160. The van der Waals surface area contributed by atoms with E-state index in [-0.39, 0.29) is 11.3 Å². The average Bonchev–Trinajstić information content (AvgIpc) is 2.73. The van der Waals surface area contributed by atoms with Crippen molar-refractivity contribution in [3.63, 3.8) is 0 Å². The molecule has 142 valence electrons. The zero-order chi connectivity index (χ0) is 19.3. The molecule has 6 heteroatoms. The van der Waals surface area contributed by atoms with E-state index in [9.17, 15) is 9.59 Å². The van der Waals surface area contributed by atoms with Gasteiger partial charge in [0.25, 0.3) is 5.56 Å². The summed E-state index contributed by atoms with van der Waals surface area (Å²) >= 11 is 0. The summed E-state index contributed by atoms with van der Waals surface area (Å²) in [6, 6.07) is 10.8. The third-order valence-corrected chi connectivity index (χ3v) is 5.89. The Kier molecular flexibility index (Phi) is 4.02. The average molecular weight is 374 g/mol. The predicted octanol–water partition coefficient (Wildman–Crippen LogP) is 2.68. The summed E-state index contributed by atoms with van der Waals surface area (Å²) in [4.78, 5) is 28.5. The minimum Gasteiger partial charge on any atom is -0.398 e. The molecule has 3 aromatic rings. The zero-order valence-corrected chi connectivity index (χ0v) is 15.6. The molecule has 1 fully saturated rings. The van der Waals surface area contributed by atoms with E-state index in [4.69, 9.17) is 10.8 Å². The lowest BCUT2D eigenvalue weighted by molar-refractivity contribution is 0.104. The van der Waals surface area contributed by atoms with Crippen molar-refractivity contribution < 1.29 is 4.79 Å². The van der Waals surface area contributed by atoms with Gasteiger partial charge in [0.2, 0.25) is 0 Å². The summed E-state index contributed by atoms with van der Waals surface area (Å²) < 4.78 is 1.55. The van der Waals surface area contributed by atoms with E-state index >= 15 is 0 Å². The van der Waals surface area contributed by atoms with Crippen LogP contribution in [0.1, 0.15) is 35.2 Å². The van der Waals surface area contributed by atoms with Gasteiger partial charge >= 0.3 is 0 Å². The molecule has 0 unspecified atom stereocenters. The molecule has 1 aliphatic carbocycles. The lowest BCUT2D eigenvalue weighted by atomic mass is 9.85. The van der Waals surface area contributed by atoms with Crippen LogP contribution in [0.5, 0.6) is 0 Å². The number of ketones is 1. The molecule has 0 bridgehead atoms. The monoisotopic (exact) mass is 374 g/mol. The molecule has 28 heavy (non-hydrogen) atoms. The molecule has 1 saturated heterocycles. The van der Waals surface area contributed by atoms with E-state index in [2.05, 4.69) is 4.90 Å². The van der Waals surface area contributed by atoms with Crippen molar-refractivity contribution in [2.45, 2.75) is 25.8 Å². The van der Waals surface area contributed by atoms with E-state index in [1.807, 2.05) is 18.2 Å². The maximum absolute atomic E-state index is 13.1. The number of aromatic nitrogens is 2. The van der Waals surface area contributed by atoms with Gasteiger partial charge in [-0.3, -0.25) is 9.59 Å². The second-order valence-corrected chi connectivity index (χ2v) is 7.61. The highest BCUT2D eigenvalue weighted by Crippen LogP contribution is 2.39. The summed E-state index contributed by atoms with van der Waals surface area (Å²) in [5.41, 5.74) is 8.78. The SMILES string of the molecule is Nc1ccc2c(=O)n(CCN3CCCCC3)nc3c2c1C(=O)c1ccccc1-3. The summed E-state index contributed by atoms with van der Waals surface area (Å²) in [6.45, 7) is 3.50. The van der Waals surface area contributed by atoms with E-state index in [1.165, 1.54) is 19.3 Å². The molecule has 5 rings (SSSR count). The van der Waals surface area contributed by atoms with Crippen molar-refractivity contribution in [2.75, 3.05) is 25.4 Å². The quantitative estimate of drug-likeness (QED) is 0.558. The summed E-state index contributed by atoms with van der Waals surface area (Å²) in [6.07, 6.45) is 3.71. The number of piperidine rings is 1. The number of hydrogen-bond donors (Lipinski definition) is 1. The van der Waals surface area contributed by atoms with Crippen LogP contribution in [0, 0.1) is 0 Å². The van der Waals surface area contributed by atoms with Gasteiger partial charge in [-0.1, -0.05) is 30.7 Å². The molecular formula is C22H22N4O2. The number of carbonyl (C=O) groups is 1. The van der Waals surface area contributed by atoms with E-state index in [1.54, 1.807) is 22.9 Å². The van der Waals surface area contributed by atoms with Crippen molar-refractivity contribution in [1.29, 1.82) is 0 Å². The van der Waals surface area contributed by atoms with Crippen LogP contribution in [0.3, 0.4) is 0 Å². The first-order valence-electron chi connectivity index (χ1n) is 9.85. The van der Waals surface area contributed by atoms with Crippen LogP contribution < -0.4 is 11.3 Å². The molecule has 1 aliphatic heterocycles. The van der Waals surface area contributed by atoms with Crippen LogP contribution in [0.25, 0.3) is 22.0 Å². The fourth-order valence-electron chi connectivity index (χ4n) is 4.42. The lowest BCUT2D eigenvalue weighted by Gasteiger charge is -2.26. The number of rotatable bonds is 3. The molecule has 0 atom stereocenters. The minimum absolute atomic E-state index is 0.140. The number of carbonyl (C=O) groups excluding carboxylic acids is 1. The molecule has 2 heterocycles. The molecule has 0 amide bonds. The first kappa shape index (κ1) is 17.1. The van der Waals surface area contributed by atoms with Gasteiger partial charge in [0, 0.05) is 28.7 Å². The Balaban J connectivity index is 1.68. The third kappa shape index (κ3) is 2.56.